The Hall–Kier alpha value is -0.960. The Kier molecular flexibility index (Phi) is 3.31. The highest BCUT2D eigenvalue weighted by molar-refractivity contribution is 5.20. The van der Waals surface area contributed by atoms with Crippen molar-refractivity contribution in [3.8, 4) is 0 Å². The van der Waals surface area contributed by atoms with Crippen LogP contribution in [-0.2, 0) is 0 Å². The van der Waals surface area contributed by atoms with Gasteiger partial charge >= 0.3 is 0 Å². The first-order chi connectivity index (χ1) is 7.33. The number of hydrogen-bond donors (Lipinski definition) is 2. The van der Waals surface area contributed by atoms with Crippen molar-refractivity contribution in [2.75, 3.05) is 6.54 Å². The Bertz CT molecular complexity index is 270. The van der Waals surface area contributed by atoms with Gasteiger partial charge in [0, 0.05) is 18.3 Å². The van der Waals surface area contributed by atoms with Crippen molar-refractivity contribution >= 4 is 0 Å². The molecule has 0 radical (unpaired) electrons. The first-order valence-corrected chi connectivity index (χ1v) is 5.97. The molecule has 3 N–H and O–H groups in total. The van der Waals surface area contributed by atoms with E-state index >= 15 is 0 Å². The van der Waals surface area contributed by atoms with E-state index in [-0.39, 0.29) is 6.17 Å². The predicted molar refractivity (Wildman–Crippen MR) is 63.0 cm³/mol. The average molecular weight is 207 g/mol. The normalized spacial score (nSPS) is 32.2. The summed E-state index contributed by atoms with van der Waals surface area (Å²) in [4.78, 5) is 2.51. The van der Waals surface area contributed by atoms with Crippen LogP contribution in [0.4, 0.5) is 0 Å². The molecule has 0 spiro atoms. The number of piperidine rings is 1. The van der Waals surface area contributed by atoms with Crippen molar-refractivity contribution in [1.82, 2.24) is 10.2 Å². The van der Waals surface area contributed by atoms with E-state index in [2.05, 4.69) is 17.1 Å². The maximum atomic E-state index is 6.03. The van der Waals surface area contributed by atoms with Gasteiger partial charge in [-0.1, -0.05) is 13.3 Å². The number of dihydropyridines is 1. The average Bonchev–Trinajstić information content (AvgIpc) is 2.30. The Morgan fingerprint density at radius 3 is 3.13 bits per heavy atom. The van der Waals surface area contributed by atoms with Gasteiger partial charge in [-0.15, -0.1) is 0 Å². The van der Waals surface area contributed by atoms with Crippen molar-refractivity contribution in [3.05, 3.63) is 24.0 Å². The third kappa shape index (κ3) is 2.17. The fraction of sp³-hybridized carbons (Fsp3) is 0.667. The van der Waals surface area contributed by atoms with Crippen molar-refractivity contribution < 1.29 is 0 Å². The van der Waals surface area contributed by atoms with Gasteiger partial charge < -0.3 is 11.1 Å². The first-order valence-electron chi connectivity index (χ1n) is 5.97. The summed E-state index contributed by atoms with van der Waals surface area (Å²) in [7, 11) is 0. The van der Waals surface area contributed by atoms with E-state index in [0.717, 1.165) is 5.70 Å². The highest BCUT2D eigenvalue weighted by Crippen LogP contribution is 2.23. The number of allylic oxidation sites excluding steroid dienone is 2. The molecular formula is C12H21N3. The van der Waals surface area contributed by atoms with Crippen LogP contribution in [0.3, 0.4) is 0 Å². The van der Waals surface area contributed by atoms with Gasteiger partial charge in [-0.25, -0.2) is 0 Å². The number of nitrogens with zero attached hydrogens (tertiary/aromatic N) is 1. The Labute approximate surface area is 92.0 Å². The van der Waals surface area contributed by atoms with Crippen molar-refractivity contribution in [2.45, 2.75) is 44.8 Å². The zero-order valence-corrected chi connectivity index (χ0v) is 9.45. The maximum absolute atomic E-state index is 6.03. The molecule has 0 aromatic rings. The van der Waals surface area contributed by atoms with E-state index in [1.807, 2.05) is 18.4 Å². The number of nitrogens with two attached hydrogens (primary N) is 1. The summed E-state index contributed by atoms with van der Waals surface area (Å²) in [5.74, 6) is 0. The van der Waals surface area contributed by atoms with E-state index < -0.39 is 0 Å². The summed E-state index contributed by atoms with van der Waals surface area (Å²) < 4.78 is 0. The Balaban J connectivity index is 2.07. The fourth-order valence-corrected chi connectivity index (χ4v) is 2.58. The minimum Gasteiger partial charge on any atom is -0.399 e. The lowest BCUT2D eigenvalue weighted by atomic mass is 9.98. The van der Waals surface area contributed by atoms with Crippen molar-refractivity contribution in [1.29, 1.82) is 0 Å². The smallest absolute Gasteiger partial charge is 0.120 e. The number of likely N-dealkylation sites (tertiary alicyclic amines) is 1. The van der Waals surface area contributed by atoms with Gasteiger partial charge in [-0.3, -0.25) is 4.90 Å². The molecule has 1 fully saturated rings. The molecule has 2 aliphatic heterocycles. The molecule has 2 atom stereocenters. The minimum absolute atomic E-state index is 0.222. The largest absolute Gasteiger partial charge is 0.399 e. The van der Waals surface area contributed by atoms with Crippen molar-refractivity contribution in [3.63, 3.8) is 0 Å². The molecule has 0 aliphatic carbocycles. The molecule has 2 heterocycles. The molecule has 2 rings (SSSR count). The molecule has 3 nitrogen and oxygen atoms in total. The molecule has 1 saturated heterocycles. The zero-order chi connectivity index (χ0) is 10.7. The second-order valence-corrected chi connectivity index (χ2v) is 4.39. The lowest BCUT2D eigenvalue weighted by Gasteiger charge is -2.41. The molecule has 0 saturated carbocycles. The summed E-state index contributed by atoms with van der Waals surface area (Å²) in [5, 5.41) is 3.35. The molecule has 1 unspecified atom stereocenters. The summed E-state index contributed by atoms with van der Waals surface area (Å²) in [6, 6.07) is 0.690. The molecule has 0 amide bonds. The number of nitrogens with one attached hydrogen (secondary N) is 1. The lowest BCUT2D eigenvalue weighted by Crippen LogP contribution is -2.54. The minimum atomic E-state index is 0.222. The van der Waals surface area contributed by atoms with E-state index in [1.165, 1.54) is 32.2 Å². The van der Waals surface area contributed by atoms with Gasteiger partial charge in [0.1, 0.15) is 6.17 Å². The second-order valence-electron chi connectivity index (χ2n) is 4.39. The van der Waals surface area contributed by atoms with Crippen LogP contribution in [0.2, 0.25) is 0 Å². The number of rotatable bonds is 2. The van der Waals surface area contributed by atoms with E-state index in [0.29, 0.717) is 6.04 Å². The van der Waals surface area contributed by atoms with Crippen LogP contribution in [0.1, 0.15) is 32.6 Å². The van der Waals surface area contributed by atoms with Crippen molar-refractivity contribution in [2.24, 2.45) is 5.73 Å². The third-order valence-electron chi connectivity index (χ3n) is 3.43. The SMILES string of the molecule is CC[C@@H]1CCCCN1C1NC=CC=C1N. The Morgan fingerprint density at radius 2 is 2.40 bits per heavy atom. The van der Waals surface area contributed by atoms with E-state index in [4.69, 9.17) is 5.73 Å². The van der Waals surface area contributed by atoms with Crippen LogP contribution in [0.5, 0.6) is 0 Å². The van der Waals surface area contributed by atoms with E-state index in [9.17, 15) is 0 Å². The quantitative estimate of drug-likeness (QED) is 0.721. The molecule has 15 heavy (non-hydrogen) atoms. The lowest BCUT2D eigenvalue weighted by molar-refractivity contribution is 0.0966. The molecule has 84 valence electrons. The number of hydrogen-bond acceptors (Lipinski definition) is 3. The van der Waals surface area contributed by atoms with Crippen LogP contribution in [-0.4, -0.2) is 23.7 Å². The van der Waals surface area contributed by atoms with Crippen LogP contribution in [0, 0.1) is 0 Å². The van der Waals surface area contributed by atoms with Gasteiger partial charge in [0.2, 0.25) is 0 Å². The highest BCUT2D eigenvalue weighted by Gasteiger charge is 2.28. The third-order valence-corrected chi connectivity index (χ3v) is 3.43. The zero-order valence-electron chi connectivity index (χ0n) is 9.45. The summed E-state index contributed by atoms with van der Waals surface area (Å²) in [5.41, 5.74) is 6.97. The fourth-order valence-electron chi connectivity index (χ4n) is 2.58. The second kappa shape index (κ2) is 4.71. The summed E-state index contributed by atoms with van der Waals surface area (Å²) >= 11 is 0. The molecule has 3 heteroatoms. The summed E-state index contributed by atoms with van der Waals surface area (Å²) in [6.45, 7) is 3.43. The molecule has 0 aromatic heterocycles. The van der Waals surface area contributed by atoms with Gasteiger partial charge in [0.25, 0.3) is 0 Å². The van der Waals surface area contributed by atoms with Gasteiger partial charge in [-0.05, 0) is 37.6 Å². The predicted octanol–water partition coefficient (Wildman–Crippen LogP) is 1.54. The highest BCUT2D eigenvalue weighted by atomic mass is 15.3. The van der Waals surface area contributed by atoms with Gasteiger partial charge in [-0.2, -0.15) is 0 Å². The van der Waals surface area contributed by atoms with Crippen LogP contribution < -0.4 is 11.1 Å². The van der Waals surface area contributed by atoms with Crippen LogP contribution in [0.15, 0.2) is 24.0 Å². The van der Waals surface area contributed by atoms with Gasteiger partial charge in [0.05, 0.1) is 0 Å². The molecule has 0 bridgehead atoms. The van der Waals surface area contributed by atoms with Gasteiger partial charge in [0.15, 0.2) is 0 Å². The first kappa shape index (κ1) is 10.6. The van der Waals surface area contributed by atoms with Crippen LogP contribution in [0.25, 0.3) is 0 Å². The molecular weight excluding hydrogens is 186 g/mol. The molecule has 0 aromatic carbocycles. The van der Waals surface area contributed by atoms with Crippen LogP contribution >= 0.6 is 0 Å². The monoisotopic (exact) mass is 207 g/mol. The van der Waals surface area contributed by atoms with E-state index in [1.54, 1.807) is 0 Å². The standard InChI is InChI=1S/C12H21N3/c1-2-10-6-3-4-9-15(10)12-11(13)7-5-8-14-12/h5,7-8,10,12,14H,2-4,6,9,13H2,1H3/t10-,12?/m1/s1. The molecule has 2 aliphatic rings. The maximum Gasteiger partial charge on any atom is 0.120 e. The summed E-state index contributed by atoms with van der Waals surface area (Å²) in [6.07, 6.45) is 11.4. The Morgan fingerprint density at radius 1 is 1.53 bits per heavy atom. The topological polar surface area (TPSA) is 41.3 Å².